The molecular weight excluding hydrogens is 721 g/mol. The van der Waals surface area contributed by atoms with Crippen LogP contribution in [0.25, 0.3) is 104 Å². The van der Waals surface area contributed by atoms with Crippen molar-refractivity contribution in [2.45, 2.75) is 6.61 Å². The van der Waals surface area contributed by atoms with Crippen LogP contribution in [-0.2, 0) is 6.61 Å². The third-order valence-corrected chi connectivity index (χ3v) is 12.1. The first-order valence-corrected chi connectivity index (χ1v) is 20.1. The predicted molar refractivity (Wildman–Crippen MR) is 247 cm³/mol. The Morgan fingerprint density at radius 3 is 2.00 bits per heavy atom. The lowest BCUT2D eigenvalue weighted by atomic mass is 9.92. The quantitative estimate of drug-likeness (QED) is 0.136. The molecule has 0 spiro atoms. The van der Waals surface area contributed by atoms with Crippen molar-refractivity contribution in [3.8, 4) is 33.7 Å². The number of fused-ring (bicyclic) bond motifs is 11. The molecule has 2 N–H and O–H groups in total. The summed E-state index contributed by atoms with van der Waals surface area (Å²) in [4.78, 5) is 0. The third-order valence-electron chi connectivity index (χ3n) is 12.1. The zero-order valence-corrected chi connectivity index (χ0v) is 32.0. The van der Waals surface area contributed by atoms with Gasteiger partial charge in [-0.2, -0.15) is 0 Å². The van der Waals surface area contributed by atoms with Gasteiger partial charge in [0.25, 0.3) is 0 Å². The molecule has 4 heteroatoms. The summed E-state index contributed by atoms with van der Waals surface area (Å²) >= 11 is 0. The van der Waals surface area contributed by atoms with E-state index in [4.69, 9.17) is 14.9 Å². The average molecular weight is 757 g/mol. The Hall–Kier alpha value is -7.82. The number of benzene rings is 10. The molecule has 0 fully saturated rings. The number of para-hydroxylation sites is 1. The molecule has 2 heterocycles. The topological polar surface area (TPSA) is 53.3 Å². The zero-order chi connectivity index (χ0) is 39.0. The molecule has 0 saturated heterocycles. The fraction of sp³-hybridized carbons (Fsp3) is 0.0182. The summed E-state index contributed by atoms with van der Waals surface area (Å²) in [5, 5.41) is 11.5. The number of nitrogens with two attached hydrogens (primary N) is 1. The van der Waals surface area contributed by atoms with Crippen LogP contribution < -0.4 is 10.5 Å². The highest BCUT2D eigenvalue weighted by Gasteiger charge is 2.20. The van der Waals surface area contributed by atoms with Crippen LogP contribution in [0.5, 0.6) is 5.75 Å². The molecule has 12 aromatic rings. The van der Waals surface area contributed by atoms with Crippen LogP contribution in [0.3, 0.4) is 0 Å². The van der Waals surface area contributed by atoms with Gasteiger partial charge in [-0.1, -0.05) is 140 Å². The van der Waals surface area contributed by atoms with Crippen molar-refractivity contribution in [3.63, 3.8) is 0 Å². The zero-order valence-electron chi connectivity index (χ0n) is 32.0. The molecule has 4 nitrogen and oxygen atoms in total. The Kier molecular flexibility index (Phi) is 7.41. The predicted octanol–water partition coefficient (Wildman–Crippen LogP) is 14.6. The second kappa shape index (κ2) is 13.1. The van der Waals surface area contributed by atoms with Gasteiger partial charge in [0.2, 0.25) is 0 Å². The van der Waals surface area contributed by atoms with E-state index < -0.39 is 0 Å². The van der Waals surface area contributed by atoms with Crippen molar-refractivity contribution >= 4 is 81.7 Å². The minimum Gasteiger partial charge on any atom is -0.487 e. The van der Waals surface area contributed by atoms with Crippen LogP contribution in [-0.4, -0.2) is 4.57 Å². The number of hydrogen-bond donors (Lipinski definition) is 1. The van der Waals surface area contributed by atoms with Gasteiger partial charge in [0.1, 0.15) is 23.5 Å². The summed E-state index contributed by atoms with van der Waals surface area (Å²) in [6, 6.07) is 68.9. The van der Waals surface area contributed by atoms with Gasteiger partial charge in [0.05, 0.1) is 22.1 Å². The monoisotopic (exact) mass is 756 g/mol. The van der Waals surface area contributed by atoms with E-state index in [2.05, 4.69) is 187 Å². The molecule has 0 unspecified atom stereocenters. The van der Waals surface area contributed by atoms with Crippen molar-refractivity contribution in [1.29, 1.82) is 0 Å². The van der Waals surface area contributed by atoms with E-state index in [0.717, 1.165) is 55.2 Å². The Bertz CT molecular complexity index is 3630. The van der Waals surface area contributed by atoms with Gasteiger partial charge in [-0.25, -0.2) is 0 Å². The first-order chi connectivity index (χ1) is 29.2. The molecule has 0 radical (unpaired) electrons. The van der Waals surface area contributed by atoms with Crippen molar-refractivity contribution in [1.82, 2.24) is 4.57 Å². The fourth-order valence-corrected chi connectivity index (χ4v) is 9.37. The molecule has 278 valence electrons. The molecule has 0 atom stereocenters. The number of anilines is 1. The van der Waals surface area contributed by atoms with Gasteiger partial charge in [0, 0.05) is 21.8 Å². The molecule has 0 amide bonds. The summed E-state index contributed by atoms with van der Waals surface area (Å²) < 4.78 is 15.5. The van der Waals surface area contributed by atoms with E-state index in [1.165, 1.54) is 54.4 Å². The molecule has 0 aliphatic heterocycles. The highest BCUT2D eigenvalue weighted by Crippen LogP contribution is 2.43. The van der Waals surface area contributed by atoms with Crippen LogP contribution in [0, 0.1) is 0 Å². The molecule has 59 heavy (non-hydrogen) atoms. The summed E-state index contributed by atoms with van der Waals surface area (Å²) in [7, 11) is 0. The van der Waals surface area contributed by atoms with E-state index in [-0.39, 0.29) is 0 Å². The lowest BCUT2D eigenvalue weighted by Crippen LogP contribution is -2.01. The number of ether oxygens (including phenoxy) is 1. The Labute approximate surface area is 339 Å². The molecule has 0 aliphatic rings. The van der Waals surface area contributed by atoms with Crippen LogP contribution in [0.1, 0.15) is 5.56 Å². The number of aromatic nitrogens is 1. The normalized spacial score (nSPS) is 11.9. The SMILES string of the molecule is Nc1c(OCc2cc3c(c4ccccc24)c2ccccc2n3-c2cccc(-c3ccccc3)c2)ccc2oc3ccc(-c4cc5ccccc5c5ccccc45)cc3c12. The third kappa shape index (κ3) is 5.23. The first kappa shape index (κ1) is 33.3. The number of nitrogens with zero attached hydrogens (tertiary/aromatic N) is 1. The molecule has 10 aromatic carbocycles. The maximum atomic E-state index is 7.07. The Balaban J connectivity index is 0.979. The van der Waals surface area contributed by atoms with Gasteiger partial charge >= 0.3 is 0 Å². The Morgan fingerprint density at radius 1 is 0.441 bits per heavy atom. The maximum absolute atomic E-state index is 7.07. The summed E-state index contributed by atoms with van der Waals surface area (Å²) in [6.45, 7) is 0.335. The van der Waals surface area contributed by atoms with Gasteiger partial charge in [0.15, 0.2) is 0 Å². The highest BCUT2D eigenvalue weighted by atomic mass is 16.5. The van der Waals surface area contributed by atoms with Crippen molar-refractivity contribution in [2.75, 3.05) is 5.73 Å². The molecule has 2 aromatic heterocycles. The minimum atomic E-state index is 0.335. The summed E-state index contributed by atoms with van der Waals surface area (Å²) in [5.41, 5.74) is 18.3. The van der Waals surface area contributed by atoms with E-state index in [0.29, 0.717) is 18.0 Å². The number of hydrogen-bond acceptors (Lipinski definition) is 3. The second-order valence-electron chi connectivity index (χ2n) is 15.4. The van der Waals surface area contributed by atoms with Crippen LogP contribution >= 0.6 is 0 Å². The molecule has 0 bridgehead atoms. The molecule has 0 aliphatic carbocycles. The van der Waals surface area contributed by atoms with Crippen LogP contribution in [0.15, 0.2) is 199 Å². The number of rotatable bonds is 6. The van der Waals surface area contributed by atoms with E-state index in [1.807, 2.05) is 12.1 Å². The highest BCUT2D eigenvalue weighted by molar-refractivity contribution is 6.22. The lowest BCUT2D eigenvalue weighted by molar-refractivity contribution is 0.310. The fourth-order valence-electron chi connectivity index (χ4n) is 9.37. The lowest BCUT2D eigenvalue weighted by Gasteiger charge is -2.14. The Morgan fingerprint density at radius 2 is 1.14 bits per heavy atom. The number of nitrogen functional groups attached to an aromatic ring is 1. The van der Waals surface area contributed by atoms with Crippen LogP contribution in [0.2, 0.25) is 0 Å². The summed E-state index contributed by atoms with van der Waals surface area (Å²) in [5.74, 6) is 0.627. The van der Waals surface area contributed by atoms with Crippen LogP contribution in [0.4, 0.5) is 5.69 Å². The minimum absolute atomic E-state index is 0.335. The first-order valence-electron chi connectivity index (χ1n) is 20.1. The molecular formula is C55H36N2O2. The largest absolute Gasteiger partial charge is 0.487 e. The van der Waals surface area contributed by atoms with Crippen molar-refractivity contribution < 1.29 is 9.15 Å². The van der Waals surface area contributed by atoms with E-state index in [1.54, 1.807) is 0 Å². The van der Waals surface area contributed by atoms with Crippen molar-refractivity contribution in [2.24, 2.45) is 0 Å². The molecule has 12 rings (SSSR count). The van der Waals surface area contributed by atoms with Crippen molar-refractivity contribution in [3.05, 3.63) is 200 Å². The smallest absolute Gasteiger partial charge is 0.143 e. The number of furan rings is 1. The maximum Gasteiger partial charge on any atom is 0.143 e. The molecule has 0 saturated carbocycles. The summed E-state index contributed by atoms with van der Waals surface area (Å²) in [6.07, 6.45) is 0. The van der Waals surface area contributed by atoms with Gasteiger partial charge in [-0.05, 0) is 115 Å². The van der Waals surface area contributed by atoms with E-state index >= 15 is 0 Å². The van der Waals surface area contributed by atoms with Gasteiger partial charge in [-0.3, -0.25) is 0 Å². The average Bonchev–Trinajstić information content (AvgIpc) is 3.84. The standard InChI is InChI=1S/C55H36N2O2/c56-55-52(28-27-51-54(55)47-31-37(25-26-50(47)59-51)46-30-36-15-4-5-18-40(36)42-20-7-8-21-43(42)46)58-33-38-32-49-53(44-22-9-6-19-41(38)44)45-23-10-11-24-48(45)57(49)39-17-12-16-35(29-39)34-13-2-1-3-14-34/h1-32H,33,56H2. The second-order valence-corrected chi connectivity index (χ2v) is 15.4. The van der Waals surface area contributed by atoms with Gasteiger partial charge < -0.3 is 19.5 Å². The van der Waals surface area contributed by atoms with Gasteiger partial charge in [-0.15, -0.1) is 0 Å². The van der Waals surface area contributed by atoms with E-state index in [9.17, 15) is 0 Å².